The van der Waals surface area contributed by atoms with Crippen LogP contribution in [0.25, 0.3) is 0 Å². The summed E-state index contributed by atoms with van der Waals surface area (Å²) in [7, 11) is 1.92. The fraction of sp³-hybridized carbons (Fsp3) is 0.722. The highest BCUT2D eigenvalue weighted by Crippen LogP contribution is 2.29. The maximum absolute atomic E-state index is 12.8. The van der Waals surface area contributed by atoms with Gasteiger partial charge in [0.2, 0.25) is 5.91 Å². The van der Waals surface area contributed by atoms with Crippen molar-refractivity contribution in [2.24, 2.45) is 0 Å². The topological polar surface area (TPSA) is 82.6 Å². The van der Waals surface area contributed by atoms with Gasteiger partial charge in [-0.15, -0.1) is 0 Å². The molecule has 1 saturated heterocycles. The lowest BCUT2D eigenvalue weighted by atomic mass is 10.0. The van der Waals surface area contributed by atoms with Crippen LogP contribution in [0.1, 0.15) is 31.7 Å². The van der Waals surface area contributed by atoms with Gasteiger partial charge in [0.25, 0.3) is 0 Å². The molecule has 0 spiro atoms. The molecule has 1 aromatic heterocycles. The first-order valence-corrected chi connectivity index (χ1v) is 9.57. The average Bonchev–Trinajstić information content (AvgIpc) is 2.79. The molecule has 3 heterocycles. The van der Waals surface area contributed by atoms with Gasteiger partial charge in [-0.3, -0.25) is 4.79 Å². The first-order valence-electron chi connectivity index (χ1n) is 9.57. The number of nitrogens with zero attached hydrogens (tertiary/aromatic N) is 4. The molecule has 1 unspecified atom stereocenters. The van der Waals surface area contributed by atoms with Crippen molar-refractivity contribution in [3.05, 3.63) is 11.9 Å². The molecule has 3 rings (SSSR count). The number of ether oxygens (including phenoxy) is 1. The Morgan fingerprint density at radius 2 is 2.27 bits per heavy atom. The Morgan fingerprint density at radius 1 is 1.38 bits per heavy atom. The number of nitrogens with one attached hydrogen (secondary N) is 2. The summed E-state index contributed by atoms with van der Waals surface area (Å²) in [5.41, 5.74) is 1.00. The second kappa shape index (κ2) is 9.14. The van der Waals surface area contributed by atoms with E-state index in [1.54, 1.807) is 6.33 Å². The van der Waals surface area contributed by atoms with Crippen LogP contribution in [0.4, 0.5) is 11.6 Å². The lowest BCUT2D eigenvalue weighted by Crippen LogP contribution is -2.49. The molecule has 1 amide bonds. The van der Waals surface area contributed by atoms with Gasteiger partial charge in [0.1, 0.15) is 18.0 Å². The molecule has 2 aliphatic rings. The number of likely N-dealkylation sites (N-methyl/N-ethyl adjacent to an activating group) is 1. The monoisotopic (exact) mass is 362 g/mol. The van der Waals surface area contributed by atoms with Crippen LogP contribution in [0.2, 0.25) is 0 Å². The van der Waals surface area contributed by atoms with Crippen molar-refractivity contribution in [3.63, 3.8) is 0 Å². The Balaban J connectivity index is 1.77. The number of fused-ring (bicyclic) bond motifs is 1. The number of hydrogen-bond acceptors (Lipinski definition) is 7. The Labute approximate surface area is 155 Å². The van der Waals surface area contributed by atoms with Crippen LogP contribution >= 0.6 is 0 Å². The zero-order valence-corrected chi connectivity index (χ0v) is 15.8. The van der Waals surface area contributed by atoms with Gasteiger partial charge in [0.05, 0.1) is 18.7 Å². The van der Waals surface area contributed by atoms with Gasteiger partial charge < -0.3 is 25.2 Å². The van der Waals surface area contributed by atoms with Crippen molar-refractivity contribution >= 4 is 17.5 Å². The van der Waals surface area contributed by atoms with E-state index in [1.807, 2.05) is 23.8 Å². The fourth-order valence-corrected chi connectivity index (χ4v) is 3.61. The molecule has 0 aromatic carbocycles. The van der Waals surface area contributed by atoms with E-state index in [4.69, 9.17) is 4.74 Å². The highest BCUT2D eigenvalue weighted by molar-refractivity contribution is 5.84. The molecule has 0 aliphatic carbocycles. The molecule has 2 N–H and O–H groups in total. The molecule has 26 heavy (non-hydrogen) atoms. The number of hydrogen-bond donors (Lipinski definition) is 2. The molecular weight excluding hydrogens is 332 g/mol. The molecule has 1 fully saturated rings. The van der Waals surface area contributed by atoms with Gasteiger partial charge in [-0.25, -0.2) is 9.97 Å². The molecule has 144 valence electrons. The van der Waals surface area contributed by atoms with E-state index in [9.17, 15) is 4.79 Å². The molecule has 8 nitrogen and oxygen atoms in total. The quantitative estimate of drug-likeness (QED) is 0.696. The van der Waals surface area contributed by atoms with Crippen LogP contribution < -0.4 is 15.5 Å². The third-order valence-electron chi connectivity index (χ3n) is 4.98. The summed E-state index contributed by atoms with van der Waals surface area (Å²) in [6, 6.07) is 0.238. The maximum Gasteiger partial charge on any atom is 0.242 e. The van der Waals surface area contributed by atoms with E-state index >= 15 is 0 Å². The predicted molar refractivity (Wildman–Crippen MR) is 101 cm³/mol. The zero-order chi connectivity index (χ0) is 18.4. The van der Waals surface area contributed by atoms with Gasteiger partial charge in [0, 0.05) is 39.4 Å². The van der Waals surface area contributed by atoms with Crippen molar-refractivity contribution in [3.8, 4) is 0 Å². The van der Waals surface area contributed by atoms with Crippen LogP contribution in [-0.4, -0.2) is 73.3 Å². The minimum absolute atomic E-state index is 0.154. The minimum atomic E-state index is 0.154. The summed E-state index contributed by atoms with van der Waals surface area (Å²) < 4.78 is 5.39. The summed E-state index contributed by atoms with van der Waals surface area (Å²) in [5, 5.41) is 6.82. The number of piperidine rings is 1. The molecule has 0 saturated carbocycles. The lowest BCUT2D eigenvalue weighted by Gasteiger charge is -2.34. The van der Waals surface area contributed by atoms with Crippen molar-refractivity contribution < 1.29 is 9.53 Å². The third kappa shape index (κ3) is 4.42. The Bertz CT molecular complexity index is 605. The number of anilines is 2. The Kier molecular flexibility index (Phi) is 6.62. The second-order valence-electron chi connectivity index (χ2n) is 6.88. The molecule has 0 bridgehead atoms. The summed E-state index contributed by atoms with van der Waals surface area (Å²) in [6.45, 7) is 7.05. The van der Waals surface area contributed by atoms with E-state index in [-0.39, 0.29) is 11.9 Å². The van der Waals surface area contributed by atoms with Crippen molar-refractivity contribution in [2.45, 2.75) is 38.8 Å². The molecular formula is C18H30N6O2. The first-order chi connectivity index (χ1) is 12.7. The van der Waals surface area contributed by atoms with E-state index in [0.717, 1.165) is 69.3 Å². The van der Waals surface area contributed by atoms with Crippen molar-refractivity contribution in [2.75, 3.05) is 56.7 Å². The largest absolute Gasteiger partial charge is 0.382 e. The zero-order valence-electron chi connectivity index (χ0n) is 15.8. The number of amides is 1. The number of aromatic nitrogens is 2. The SMILES string of the molecule is CCOCCCNc1ncnc2c1CN(C1CCCNC1)C(=O)CN2C. The van der Waals surface area contributed by atoms with Gasteiger partial charge >= 0.3 is 0 Å². The number of rotatable bonds is 7. The molecule has 8 heteroatoms. The Morgan fingerprint density at radius 3 is 3.04 bits per heavy atom. The Hall–Kier alpha value is -1.93. The van der Waals surface area contributed by atoms with Gasteiger partial charge in [0.15, 0.2) is 0 Å². The molecule has 2 aliphatic heterocycles. The summed E-state index contributed by atoms with van der Waals surface area (Å²) in [6.07, 6.45) is 4.63. The van der Waals surface area contributed by atoms with Crippen LogP contribution in [0.3, 0.4) is 0 Å². The highest BCUT2D eigenvalue weighted by atomic mass is 16.5. The third-order valence-corrected chi connectivity index (χ3v) is 4.98. The average molecular weight is 362 g/mol. The summed E-state index contributed by atoms with van der Waals surface area (Å²) >= 11 is 0. The van der Waals surface area contributed by atoms with Gasteiger partial charge in [-0.2, -0.15) is 0 Å². The first kappa shape index (κ1) is 18.8. The van der Waals surface area contributed by atoms with Crippen molar-refractivity contribution in [1.82, 2.24) is 20.2 Å². The van der Waals surface area contributed by atoms with Crippen LogP contribution in [0.5, 0.6) is 0 Å². The molecule has 1 atom stereocenters. The number of carbonyl (C=O) groups excluding carboxylic acids is 1. The molecule has 0 radical (unpaired) electrons. The fourth-order valence-electron chi connectivity index (χ4n) is 3.61. The van der Waals surface area contributed by atoms with E-state index in [0.29, 0.717) is 13.1 Å². The van der Waals surface area contributed by atoms with Crippen molar-refractivity contribution in [1.29, 1.82) is 0 Å². The van der Waals surface area contributed by atoms with Crippen LogP contribution in [0, 0.1) is 0 Å². The van der Waals surface area contributed by atoms with E-state index < -0.39 is 0 Å². The maximum atomic E-state index is 12.8. The standard InChI is InChI=1S/C18H30N6O2/c1-3-26-9-5-8-20-17-15-11-24(14-6-4-7-19-10-14)16(25)12-23(2)18(15)22-13-21-17/h13-14,19H,3-12H2,1-2H3,(H,20,21,22). The highest BCUT2D eigenvalue weighted by Gasteiger charge is 2.32. The van der Waals surface area contributed by atoms with Crippen LogP contribution in [-0.2, 0) is 16.1 Å². The minimum Gasteiger partial charge on any atom is -0.382 e. The molecule has 1 aromatic rings. The predicted octanol–water partition coefficient (Wildman–Crippen LogP) is 0.846. The number of carbonyl (C=O) groups is 1. The lowest BCUT2D eigenvalue weighted by molar-refractivity contribution is -0.132. The summed E-state index contributed by atoms with van der Waals surface area (Å²) in [5.74, 6) is 1.82. The smallest absolute Gasteiger partial charge is 0.242 e. The normalized spacial score (nSPS) is 20.7. The summed E-state index contributed by atoms with van der Waals surface area (Å²) in [4.78, 5) is 25.6. The van der Waals surface area contributed by atoms with Crippen LogP contribution in [0.15, 0.2) is 6.33 Å². The van der Waals surface area contributed by atoms with E-state index in [1.165, 1.54) is 0 Å². The van der Waals surface area contributed by atoms with Gasteiger partial charge in [-0.1, -0.05) is 0 Å². The van der Waals surface area contributed by atoms with Gasteiger partial charge in [-0.05, 0) is 32.7 Å². The second-order valence-corrected chi connectivity index (χ2v) is 6.88. The van der Waals surface area contributed by atoms with E-state index in [2.05, 4.69) is 20.6 Å².